The zero-order chi connectivity index (χ0) is 15.3. The zero-order valence-corrected chi connectivity index (χ0v) is 13.4. The Balaban J connectivity index is 1.87. The molecule has 1 aromatic rings. The summed E-state index contributed by atoms with van der Waals surface area (Å²) in [5, 5.41) is 9.42. The number of nitrogens with one attached hydrogen (secondary N) is 1. The summed E-state index contributed by atoms with van der Waals surface area (Å²) in [6.45, 7) is 2.95. The van der Waals surface area contributed by atoms with Crippen LogP contribution in [-0.2, 0) is 10.0 Å². The SMILES string of the molecule is O=S(=O)(NCCN1CCC[C@@H](CO)C1)c1ccccc1Cl. The lowest BCUT2D eigenvalue weighted by atomic mass is 9.99. The molecular weight excluding hydrogens is 312 g/mol. The highest BCUT2D eigenvalue weighted by Gasteiger charge is 2.20. The first-order valence-corrected chi connectivity index (χ1v) is 8.96. The summed E-state index contributed by atoms with van der Waals surface area (Å²) in [5.74, 6) is 0.305. The largest absolute Gasteiger partial charge is 0.396 e. The van der Waals surface area contributed by atoms with E-state index in [-0.39, 0.29) is 16.5 Å². The molecule has 7 heteroatoms. The first-order valence-electron chi connectivity index (χ1n) is 7.10. The number of hydrogen-bond donors (Lipinski definition) is 2. The molecule has 1 saturated heterocycles. The van der Waals surface area contributed by atoms with Gasteiger partial charge in [-0.15, -0.1) is 0 Å². The molecule has 0 aromatic heterocycles. The first-order chi connectivity index (χ1) is 10.0. The Morgan fingerprint density at radius 3 is 2.86 bits per heavy atom. The van der Waals surface area contributed by atoms with Crippen LogP contribution in [0.1, 0.15) is 12.8 Å². The van der Waals surface area contributed by atoms with Crippen LogP contribution >= 0.6 is 11.6 Å². The summed E-state index contributed by atoms with van der Waals surface area (Å²) in [5.41, 5.74) is 0. The normalized spacial score (nSPS) is 20.6. The van der Waals surface area contributed by atoms with Gasteiger partial charge in [0.25, 0.3) is 0 Å². The van der Waals surface area contributed by atoms with Gasteiger partial charge in [-0.1, -0.05) is 23.7 Å². The molecule has 0 saturated carbocycles. The Labute approximate surface area is 131 Å². The Morgan fingerprint density at radius 2 is 2.14 bits per heavy atom. The van der Waals surface area contributed by atoms with Gasteiger partial charge in [-0.3, -0.25) is 0 Å². The molecule has 5 nitrogen and oxygen atoms in total. The minimum atomic E-state index is -3.57. The summed E-state index contributed by atoms with van der Waals surface area (Å²) in [6.07, 6.45) is 2.08. The van der Waals surface area contributed by atoms with E-state index in [1.807, 2.05) is 0 Å². The second kappa shape index (κ2) is 7.56. The third-order valence-corrected chi connectivity index (χ3v) is 5.67. The van der Waals surface area contributed by atoms with Gasteiger partial charge in [0.1, 0.15) is 4.90 Å². The van der Waals surface area contributed by atoms with Crippen LogP contribution in [0.2, 0.25) is 5.02 Å². The molecule has 0 bridgehead atoms. The quantitative estimate of drug-likeness (QED) is 0.824. The summed E-state index contributed by atoms with van der Waals surface area (Å²) < 4.78 is 26.9. The number of halogens is 1. The van der Waals surface area contributed by atoms with Crippen LogP contribution in [-0.4, -0.2) is 51.2 Å². The van der Waals surface area contributed by atoms with Crippen molar-refractivity contribution in [3.05, 3.63) is 29.3 Å². The number of likely N-dealkylation sites (tertiary alicyclic amines) is 1. The van der Waals surface area contributed by atoms with Crippen LogP contribution in [0.25, 0.3) is 0 Å². The fourth-order valence-corrected chi connectivity index (χ4v) is 4.12. The number of sulfonamides is 1. The number of piperidine rings is 1. The molecule has 0 amide bonds. The lowest BCUT2D eigenvalue weighted by molar-refractivity contribution is 0.122. The maximum absolute atomic E-state index is 12.2. The van der Waals surface area contributed by atoms with Gasteiger partial charge >= 0.3 is 0 Å². The van der Waals surface area contributed by atoms with Gasteiger partial charge in [0.2, 0.25) is 10.0 Å². The fourth-order valence-electron chi connectivity index (χ4n) is 2.58. The molecule has 0 unspecified atom stereocenters. The van der Waals surface area contributed by atoms with E-state index in [1.54, 1.807) is 18.2 Å². The second-order valence-corrected chi connectivity index (χ2v) is 7.46. The van der Waals surface area contributed by atoms with Crippen molar-refractivity contribution in [1.29, 1.82) is 0 Å². The number of hydrogen-bond acceptors (Lipinski definition) is 4. The molecule has 1 aromatic carbocycles. The van der Waals surface area contributed by atoms with Crippen molar-refractivity contribution in [1.82, 2.24) is 9.62 Å². The van der Waals surface area contributed by atoms with E-state index in [1.165, 1.54) is 6.07 Å². The average molecular weight is 333 g/mol. The standard InChI is InChI=1S/C14H21ClN2O3S/c15-13-5-1-2-6-14(13)21(19,20)16-7-9-17-8-3-4-12(10-17)11-18/h1-2,5-6,12,16,18H,3-4,7-11H2/t12-/m1/s1. The van der Waals surface area contributed by atoms with Crippen molar-refractivity contribution < 1.29 is 13.5 Å². The van der Waals surface area contributed by atoms with Crippen LogP contribution in [0.15, 0.2) is 29.2 Å². The van der Waals surface area contributed by atoms with Crippen molar-refractivity contribution in [3.8, 4) is 0 Å². The number of benzene rings is 1. The van der Waals surface area contributed by atoms with Crippen molar-refractivity contribution >= 4 is 21.6 Å². The van der Waals surface area contributed by atoms with E-state index >= 15 is 0 Å². The third kappa shape index (κ3) is 4.66. The monoisotopic (exact) mass is 332 g/mol. The van der Waals surface area contributed by atoms with Crippen molar-refractivity contribution in [3.63, 3.8) is 0 Å². The third-order valence-electron chi connectivity index (χ3n) is 3.71. The Morgan fingerprint density at radius 1 is 1.38 bits per heavy atom. The minimum absolute atomic E-state index is 0.110. The van der Waals surface area contributed by atoms with Crippen molar-refractivity contribution in [2.75, 3.05) is 32.8 Å². The molecule has 21 heavy (non-hydrogen) atoms. The van der Waals surface area contributed by atoms with Crippen LogP contribution < -0.4 is 4.72 Å². The molecule has 1 aliphatic heterocycles. The molecule has 1 fully saturated rings. The maximum atomic E-state index is 12.2. The van der Waals surface area contributed by atoms with Crippen LogP contribution in [0.3, 0.4) is 0 Å². The van der Waals surface area contributed by atoms with Gasteiger partial charge in [-0.05, 0) is 37.4 Å². The minimum Gasteiger partial charge on any atom is -0.396 e. The van der Waals surface area contributed by atoms with Crippen molar-refractivity contribution in [2.45, 2.75) is 17.7 Å². The summed E-state index contributed by atoms with van der Waals surface area (Å²) in [6, 6.07) is 6.40. The van der Waals surface area contributed by atoms with E-state index in [9.17, 15) is 13.5 Å². The highest BCUT2D eigenvalue weighted by molar-refractivity contribution is 7.89. The summed E-state index contributed by atoms with van der Waals surface area (Å²) >= 11 is 5.92. The number of aliphatic hydroxyl groups excluding tert-OH is 1. The van der Waals surface area contributed by atoms with Gasteiger partial charge in [0, 0.05) is 26.2 Å². The smallest absolute Gasteiger partial charge is 0.242 e. The Bertz CT molecular complexity index is 565. The molecule has 0 aliphatic carbocycles. The molecule has 1 aliphatic rings. The molecule has 1 heterocycles. The number of rotatable bonds is 6. The molecule has 2 N–H and O–H groups in total. The molecule has 1 atom stereocenters. The average Bonchev–Trinajstić information content (AvgIpc) is 2.47. The second-order valence-electron chi connectivity index (χ2n) is 5.32. The van der Waals surface area contributed by atoms with E-state index in [4.69, 9.17) is 11.6 Å². The predicted octanol–water partition coefficient (Wildman–Crippen LogP) is 1.32. The number of nitrogens with zero attached hydrogens (tertiary/aromatic N) is 1. The van der Waals surface area contributed by atoms with E-state index in [0.29, 0.717) is 19.0 Å². The van der Waals surface area contributed by atoms with Gasteiger partial charge in [0.15, 0.2) is 0 Å². The Kier molecular flexibility index (Phi) is 6.01. The fraction of sp³-hybridized carbons (Fsp3) is 0.571. The maximum Gasteiger partial charge on any atom is 0.242 e. The van der Waals surface area contributed by atoms with Gasteiger partial charge in [-0.25, -0.2) is 13.1 Å². The van der Waals surface area contributed by atoms with Crippen LogP contribution in [0.5, 0.6) is 0 Å². The molecule has 118 valence electrons. The van der Waals surface area contributed by atoms with E-state index in [0.717, 1.165) is 25.9 Å². The topological polar surface area (TPSA) is 69.6 Å². The highest BCUT2D eigenvalue weighted by atomic mass is 35.5. The Hall–Kier alpha value is -0.660. The van der Waals surface area contributed by atoms with Crippen LogP contribution in [0, 0.1) is 5.92 Å². The first kappa shape index (κ1) is 16.7. The molecule has 2 rings (SSSR count). The highest BCUT2D eigenvalue weighted by Crippen LogP contribution is 2.20. The molecule has 0 spiro atoms. The van der Waals surface area contributed by atoms with Gasteiger partial charge < -0.3 is 10.0 Å². The van der Waals surface area contributed by atoms with E-state index in [2.05, 4.69) is 9.62 Å². The number of aliphatic hydroxyl groups is 1. The lowest BCUT2D eigenvalue weighted by Crippen LogP contribution is -2.41. The zero-order valence-electron chi connectivity index (χ0n) is 11.8. The van der Waals surface area contributed by atoms with E-state index < -0.39 is 10.0 Å². The summed E-state index contributed by atoms with van der Waals surface area (Å²) in [4.78, 5) is 2.29. The molecule has 0 radical (unpaired) electrons. The van der Waals surface area contributed by atoms with Crippen molar-refractivity contribution in [2.24, 2.45) is 5.92 Å². The lowest BCUT2D eigenvalue weighted by Gasteiger charge is -2.31. The van der Waals surface area contributed by atoms with Gasteiger partial charge in [-0.2, -0.15) is 0 Å². The molecular formula is C14H21ClN2O3S. The summed E-state index contributed by atoms with van der Waals surface area (Å²) in [7, 11) is -3.57. The predicted molar refractivity (Wildman–Crippen MR) is 82.9 cm³/mol. The van der Waals surface area contributed by atoms with Gasteiger partial charge in [0.05, 0.1) is 5.02 Å². The van der Waals surface area contributed by atoms with Crippen LogP contribution in [0.4, 0.5) is 0 Å².